The minimum absolute atomic E-state index is 0.0773. The second-order valence-corrected chi connectivity index (χ2v) is 7.26. The summed E-state index contributed by atoms with van der Waals surface area (Å²) in [5.41, 5.74) is 1.72. The number of carbonyl (C=O) groups excluding carboxylic acids is 4. The predicted octanol–water partition coefficient (Wildman–Crippen LogP) is 3.11. The van der Waals surface area contributed by atoms with Gasteiger partial charge >= 0.3 is 0 Å². The van der Waals surface area contributed by atoms with E-state index < -0.39 is 0 Å². The Labute approximate surface area is 172 Å². The number of carbonyl (C=O) groups is 4. The van der Waals surface area contributed by atoms with Gasteiger partial charge in [0.2, 0.25) is 5.91 Å². The van der Waals surface area contributed by atoms with Crippen LogP contribution in [0.15, 0.2) is 59.5 Å². The first kappa shape index (κ1) is 20.3. The van der Waals surface area contributed by atoms with E-state index in [1.807, 2.05) is 30.3 Å². The number of thioether (sulfide) groups is 1. The van der Waals surface area contributed by atoms with Crippen molar-refractivity contribution >= 4 is 46.5 Å². The van der Waals surface area contributed by atoms with Crippen LogP contribution in [-0.2, 0) is 9.59 Å². The highest BCUT2D eigenvalue weighted by molar-refractivity contribution is 8.18. The number of nitrogens with one attached hydrogen (secondary N) is 2. The van der Waals surface area contributed by atoms with E-state index in [2.05, 4.69) is 10.6 Å². The summed E-state index contributed by atoms with van der Waals surface area (Å²) in [5.74, 6) is -0.958. The van der Waals surface area contributed by atoms with Gasteiger partial charge in [-0.1, -0.05) is 36.4 Å². The van der Waals surface area contributed by atoms with Gasteiger partial charge in [-0.3, -0.25) is 24.1 Å². The SMILES string of the molecule is CC(=O)Nc1cccc(C(=O)NCCN2C(=O)S/C(=C\c3ccccc3)C2=O)c1. The van der Waals surface area contributed by atoms with Crippen LogP contribution < -0.4 is 10.6 Å². The molecular weight excluding hydrogens is 390 g/mol. The fourth-order valence-corrected chi connectivity index (χ4v) is 3.58. The molecule has 148 valence electrons. The van der Waals surface area contributed by atoms with Crippen molar-refractivity contribution in [3.63, 3.8) is 0 Å². The second kappa shape index (κ2) is 9.20. The first-order valence-corrected chi connectivity index (χ1v) is 9.72. The standard InChI is InChI=1S/C21H19N3O4S/c1-14(25)23-17-9-5-8-16(13-17)19(26)22-10-11-24-20(27)18(29-21(24)28)12-15-6-3-2-4-7-15/h2-9,12-13H,10-11H2,1H3,(H,22,26)(H,23,25)/b18-12-. The number of imide groups is 1. The number of hydrogen-bond acceptors (Lipinski definition) is 5. The molecule has 4 amide bonds. The lowest BCUT2D eigenvalue weighted by Gasteiger charge is -2.13. The zero-order valence-electron chi connectivity index (χ0n) is 15.7. The van der Waals surface area contributed by atoms with Gasteiger partial charge in [-0.25, -0.2) is 0 Å². The Bertz CT molecular complexity index is 988. The number of rotatable bonds is 6. The van der Waals surface area contributed by atoms with Crippen LogP contribution in [0, 0.1) is 0 Å². The van der Waals surface area contributed by atoms with E-state index in [0.717, 1.165) is 22.2 Å². The van der Waals surface area contributed by atoms with Gasteiger partial charge in [-0.2, -0.15) is 0 Å². The average molecular weight is 409 g/mol. The number of anilines is 1. The smallest absolute Gasteiger partial charge is 0.293 e. The maximum absolute atomic E-state index is 12.5. The summed E-state index contributed by atoms with van der Waals surface area (Å²) in [5, 5.41) is 4.94. The van der Waals surface area contributed by atoms with Crippen molar-refractivity contribution in [1.82, 2.24) is 10.2 Å². The zero-order chi connectivity index (χ0) is 20.8. The lowest BCUT2D eigenvalue weighted by atomic mass is 10.2. The summed E-state index contributed by atoms with van der Waals surface area (Å²) in [6.07, 6.45) is 1.68. The molecule has 1 aliphatic rings. The minimum atomic E-state index is -0.370. The molecule has 2 aromatic carbocycles. The minimum Gasteiger partial charge on any atom is -0.350 e. The molecule has 1 heterocycles. The maximum Gasteiger partial charge on any atom is 0.293 e. The van der Waals surface area contributed by atoms with Crippen LogP contribution >= 0.6 is 11.8 Å². The van der Waals surface area contributed by atoms with Crippen molar-refractivity contribution in [1.29, 1.82) is 0 Å². The first-order valence-electron chi connectivity index (χ1n) is 8.90. The third-order valence-corrected chi connectivity index (χ3v) is 4.94. The van der Waals surface area contributed by atoms with E-state index in [9.17, 15) is 19.2 Å². The molecule has 0 unspecified atom stereocenters. The number of amides is 4. The van der Waals surface area contributed by atoms with Crippen LogP contribution in [0.5, 0.6) is 0 Å². The van der Waals surface area contributed by atoms with Crippen molar-refractivity contribution in [2.75, 3.05) is 18.4 Å². The largest absolute Gasteiger partial charge is 0.350 e. The Morgan fingerprint density at radius 1 is 1.07 bits per heavy atom. The molecule has 1 fully saturated rings. The van der Waals surface area contributed by atoms with Crippen molar-refractivity contribution < 1.29 is 19.2 Å². The van der Waals surface area contributed by atoms with Gasteiger partial charge in [0.25, 0.3) is 17.1 Å². The third-order valence-electron chi connectivity index (χ3n) is 4.04. The molecule has 1 saturated heterocycles. The fraction of sp³-hybridized carbons (Fsp3) is 0.143. The molecule has 0 aliphatic carbocycles. The molecule has 7 nitrogen and oxygen atoms in total. The van der Waals surface area contributed by atoms with Crippen LogP contribution in [0.3, 0.4) is 0 Å². The Morgan fingerprint density at radius 2 is 1.83 bits per heavy atom. The number of hydrogen-bond donors (Lipinski definition) is 2. The van der Waals surface area contributed by atoms with Crippen molar-refractivity contribution in [3.05, 3.63) is 70.6 Å². The molecule has 0 aromatic heterocycles. The summed E-state index contributed by atoms with van der Waals surface area (Å²) in [4.78, 5) is 49.5. The number of nitrogens with zero attached hydrogens (tertiary/aromatic N) is 1. The highest BCUT2D eigenvalue weighted by Gasteiger charge is 2.34. The Morgan fingerprint density at radius 3 is 2.55 bits per heavy atom. The monoisotopic (exact) mass is 409 g/mol. The van der Waals surface area contributed by atoms with E-state index in [4.69, 9.17) is 0 Å². The Kier molecular flexibility index (Phi) is 6.46. The molecule has 2 aromatic rings. The highest BCUT2D eigenvalue weighted by atomic mass is 32.2. The van der Waals surface area contributed by atoms with E-state index >= 15 is 0 Å². The van der Waals surface area contributed by atoms with E-state index in [1.54, 1.807) is 30.3 Å². The first-order chi connectivity index (χ1) is 13.9. The highest BCUT2D eigenvalue weighted by Crippen LogP contribution is 2.31. The molecule has 29 heavy (non-hydrogen) atoms. The zero-order valence-corrected chi connectivity index (χ0v) is 16.5. The van der Waals surface area contributed by atoms with Crippen molar-refractivity contribution in [2.24, 2.45) is 0 Å². The fourth-order valence-electron chi connectivity index (χ4n) is 2.72. The van der Waals surface area contributed by atoms with E-state index in [-0.39, 0.29) is 36.1 Å². The molecule has 0 spiro atoms. The molecule has 0 saturated carbocycles. The Balaban J connectivity index is 1.57. The normalized spacial score (nSPS) is 14.9. The molecule has 0 atom stereocenters. The Hall–Kier alpha value is -3.39. The molecule has 8 heteroatoms. The lowest BCUT2D eigenvalue weighted by molar-refractivity contribution is -0.122. The third kappa shape index (κ3) is 5.32. The summed E-state index contributed by atoms with van der Waals surface area (Å²) < 4.78 is 0. The van der Waals surface area contributed by atoms with Gasteiger partial charge in [-0.05, 0) is 41.6 Å². The van der Waals surface area contributed by atoms with Gasteiger partial charge in [0.15, 0.2) is 0 Å². The van der Waals surface area contributed by atoms with Gasteiger partial charge in [0.05, 0.1) is 4.91 Å². The van der Waals surface area contributed by atoms with Crippen molar-refractivity contribution in [2.45, 2.75) is 6.92 Å². The van der Waals surface area contributed by atoms with E-state index in [1.165, 1.54) is 6.92 Å². The number of benzene rings is 2. The quantitative estimate of drug-likeness (QED) is 0.715. The van der Waals surface area contributed by atoms with Gasteiger partial charge in [-0.15, -0.1) is 0 Å². The van der Waals surface area contributed by atoms with Gasteiger partial charge < -0.3 is 10.6 Å². The molecule has 1 aliphatic heterocycles. The van der Waals surface area contributed by atoms with Crippen molar-refractivity contribution in [3.8, 4) is 0 Å². The van der Waals surface area contributed by atoms with Crippen LogP contribution in [0.4, 0.5) is 10.5 Å². The van der Waals surface area contributed by atoms with E-state index in [0.29, 0.717) is 16.2 Å². The topological polar surface area (TPSA) is 95.6 Å². The average Bonchev–Trinajstić information content (AvgIpc) is 2.95. The summed E-state index contributed by atoms with van der Waals surface area (Å²) in [7, 11) is 0. The maximum atomic E-state index is 12.5. The molecular formula is C21H19N3O4S. The van der Waals surface area contributed by atoms with Crippen LogP contribution in [-0.4, -0.2) is 41.0 Å². The second-order valence-electron chi connectivity index (χ2n) is 6.26. The molecule has 0 bridgehead atoms. The van der Waals surface area contributed by atoms with Crippen LogP contribution in [0.1, 0.15) is 22.8 Å². The molecule has 3 rings (SSSR count). The van der Waals surface area contributed by atoms with Gasteiger partial charge in [0, 0.05) is 31.3 Å². The lowest BCUT2D eigenvalue weighted by Crippen LogP contribution is -2.37. The summed E-state index contributed by atoms with van der Waals surface area (Å²) in [6, 6.07) is 15.8. The summed E-state index contributed by atoms with van der Waals surface area (Å²) in [6.45, 7) is 1.59. The van der Waals surface area contributed by atoms with Crippen LogP contribution in [0.2, 0.25) is 0 Å². The summed E-state index contributed by atoms with van der Waals surface area (Å²) >= 11 is 0.885. The molecule has 2 N–H and O–H groups in total. The van der Waals surface area contributed by atoms with Gasteiger partial charge in [0.1, 0.15) is 0 Å². The van der Waals surface area contributed by atoms with Crippen LogP contribution in [0.25, 0.3) is 6.08 Å². The molecule has 0 radical (unpaired) electrons. The predicted molar refractivity (Wildman–Crippen MR) is 112 cm³/mol.